The van der Waals surface area contributed by atoms with Gasteiger partial charge in [-0.3, -0.25) is 0 Å². The van der Waals surface area contributed by atoms with E-state index < -0.39 is 0 Å². The molecule has 104 valence electrons. The van der Waals surface area contributed by atoms with Crippen LogP contribution in [0, 0.1) is 13.8 Å². The molecule has 0 saturated carbocycles. The first kappa shape index (κ1) is 14.6. The predicted molar refractivity (Wildman–Crippen MR) is 80.2 cm³/mol. The number of hydrogen-bond donors (Lipinski definition) is 0. The highest BCUT2D eigenvalue weighted by molar-refractivity contribution is 7.99. The smallest absolute Gasteiger partial charge is 0.339 e. The number of pyridine rings is 1. The molecule has 0 fully saturated rings. The lowest BCUT2D eigenvalue weighted by atomic mass is 10.2. The van der Waals surface area contributed by atoms with Crippen molar-refractivity contribution in [3.8, 4) is 0 Å². The van der Waals surface area contributed by atoms with Crippen molar-refractivity contribution in [3.05, 3.63) is 53.2 Å². The van der Waals surface area contributed by atoms with Crippen molar-refractivity contribution in [2.45, 2.75) is 30.7 Å². The summed E-state index contributed by atoms with van der Waals surface area (Å²) >= 11 is 1.60. The first-order valence-electron chi connectivity index (χ1n) is 6.48. The van der Waals surface area contributed by atoms with Crippen LogP contribution in [0.15, 0.2) is 46.5 Å². The Balaban J connectivity index is 2.14. The number of ether oxygens (including phenoxy) is 1. The van der Waals surface area contributed by atoms with Gasteiger partial charge in [-0.05, 0) is 50.1 Å². The van der Waals surface area contributed by atoms with Crippen LogP contribution in [-0.2, 0) is 4.74 Å². The summed E-state index contributed by atoms with van der Waals surface area (Å²) in [7, 11) is 0. The molecule has 0 spiro atoms. The molecule has 0 N–H and O–H groups in total. The van der Waals surface area contributed by atoms with Crippen molar-refractivity contribution in [2.24, 2.45) is 0 Å². The lowest BCUT2D eigenvalue weighted by Crippen LogP contribution is -2.04. The van der Waals surface area contributed by atoms with Crippen LogP contribution in [0.3, 0.4) is 0 Å². The Labute approximate surface area is 123 Å². The van der Waals surface area contributed by atoms with Crippen LogP contribution in [0.25, 0.3) is 0 Å². The van der Waals surface area contributed by atoms with E-state index in [1.54, 1.807) is 30.9 Å². The first-order valence-corrected chi connectivity index (χ1v) is 7.30. The molecule has 0 unspecified atom stereocenters. The van der Waals surface area contributed by atoms with Crippen LogP contribution < -0.4 is 0 Å². The molecule has 0 aliphatic heterocycles. The van der Waals surface area contributed by atoms with Crippen molar-refractivity contribution in [1.29, 1.82) is 0 Å². The van der Waals surface area contributed by atoms with Crippen molar-refractivity contribution in [1.82, 2.24) is 4.98 Å². The summed E-state index contributed by atoms with van der Waals surface area (Å²) in [4.78, 5) is 17.0. The molecule has 0 aliphatic carbocycles. The second-order valence-corrected chi connectivity index (χ2v) is 5.54. The number of esters is 1. The topological polar surface area (TPSA) is 39.2 Å². The SMILES string of the molecule is CCOC(=O)c1ccc(Sc2cc(C)ccc2C)nc1. The minimum atomic E-state index is -0.330. The quantitative estimate of drug-likeness (QED) is 0.796. The number of aryl methyl sites for hydroxylation is 2. The van der Waals surface area contributed by atoms with Crippen LogP contribution in [-0.4, -0.2) is 17.6 Å². The Morgan fingerprint density at radius 2 is 2.05 bits per heavy atom. The molecule has 2 rings (SSSR count). The molecule has 0 aliphatic rings. The number of hydrogen-bond acceptors (Lipinski definition) is 4. The van der Waals surface area contributed by atoms with Gasteiger partial charge in [0, 0.05) is 11.1 Å². The molecule has 2 aromatic rings. The molecule has 0 amide bonds. The molecule has 4 heteroatoms. The van der Waals surface area contributed by atoms with Gasteiger partial charge in [0.05, 0.1) is 12.2 Å². The summed E-state index contributed by atoms with van der Waals surface area (Å²) in [6.45, 7) is 6.31. The van der Waals surface area contributed by atoms with E-state index in [9.17, 15) is 4.79 Å². The van der Waals surface area contributed by atoms with E-state index in [-0.39, 0.29) is 5.97 Å². The van der Waals surface area contributed by atoms with Gasteiger partial charge in [0.1, 0.15) is 5.03 Å². The fourth-order valence-corrected chi connectivity index (χ4v) is 2.65. The van der Waals surface area contributed by atoms with Crippen LogP contribution in [0.4, 0.5) is 0 Å². The summed E-state index contributed by atoms with van der Waals surface area (Å²) in [6.07, 6.45) is 1.56. The third kappa shape index (κ3) is 3.61. The number of carbonyl (C=O) groups excluding carboxylic acids is 1. The summed E-state index contributed by atoms with van der Waals surface area (Å²) in [6, 6.07) is 9.93. The normalized spacial score (nSPS) is 10.3. The molecule has 1 heterocycles. The summed E-state index contributed by atoms with van der Waals surface area (Å²) in [5, 5.41) is 0.867. The Morgan fingerprint density at radius 1 is 1.25 bits per heavy atom. The average molecular weight is 287 g/mol. The maximum absolute atomic E-state index is 11.5. The Morgan fingerprint density at radius 3 is 2.70 bits per heavy atom. The van der Waals surface area contributed by atoms with Gasteiger partial charge in [0.25, 0.3) is 0 Å². The van der Waals surface area contributed by atoms with E-state index in [0.717, 1.165) is 5.03 Å². The molecular formula is C16H17NO2S. The van der Waals surface area contributed by atoms with Gasteiger partial charge in [-0.25, -0.2) is 9.78 Å². The number of carbonyl (C=O) groups is 1. The largest absolute Gasteiger partial charge is 0.462 e. The van der Waals surface area contributed by atoms with Gasteiger partial charge in [-0.1, -0.05) is 23.9 Å². The van der Waals surface area contributed by atoms with Crippen LogP contribution >= 0.6 is 11.8 Å². The Kier molecular flexibility index (Phi) is 4.79. The second-order valence-electron chi connectivity index (χ2n) is 4.48. The molecule has 1 aromatic heterocycles. The van der Waals surface area contributed by atoms with Crippen molar-refractivity contribution >= 4 is 17.7 Å². The standard InChI is InChI=1S/C16H17NO2S/c1-4-19-16(18)13-7-8-15(17-10-13)20-14-9-11(2)5-6-12(14)3/h5-10H,4H2,1-3H3. The molecule has 3 nitrogen and oxygen atoms in total. The van der Waals surface area contributed by atoms with E-state index in [1.807, 2.05) is 6.07 Å². The van der Waals surface area contributed by atoms with Gasteiger partial charge in [-0.2, -0.15) is 0 Å². The summed E-state index contributed by atoms with van der Waals surface area (Å²) in [5.41, 5.74) is 2.93. The fraction of sp³-hybridized carbons (Fsp3) is 0.250. The molecule has 1 aromatic carbocycles. The minimum absolute atomic E-state index is 0.330. The maximum Gasteiger partial charge on any atom is 0.339 e. The van der Waals surface area contributed by atoms with Crippen molar-refractivity contribution < 1.29 is 9.53 Å². The third-order valence-corrected chi connectivity index (χ3v) is 3.92. The molecular weight excluding hydrogens is 270 g/mol. The number of nitrogens with zero attached hydrogens (tertiary/aromatic N) is 1. The molecule has 0 atom stereocenters. The van der Waals surface area contributed by atoms with E-state index in [4.69, 9.17) is 4.74 Å². The van der Waals surface area contributed by atoms with Crippen LogP contribution in [0.5, 0.6) is 0 Å². The minimum Gasteiger partial charge on any atom is -0.462 e. The van der Waals surface area contributed by atoms with Crippen molar-refractivity contribution in [2.75, 3.05) is 6.61 Å². The summed E-state index contributed by atoms with van der Waals surface area (Å²) < 4.78 is 4.94. The highest BCUT2D eigenvalue weighted by Gasteiger charge is 2.08. The van der Waals surface area contributed by atoms with Gasteiger partial charge >= 0.3 is 5.97 Å². The average Bonchev–Trinajstić information content (AvgIpc) is 2.44. The Bertz CT molecular complexity index is 608. The first-order chi connectivity index (χ1) is 9.60. The van der Waals surface area contributed by atoms with Gasteiger partial charge < -0.3 is 4.74 Å². The highest BCUT2D eigenvalue weighted by atomic mass is 32.2. The lowest BCUT2D eigenvalue weighted by Gasteiger charge is -2.07. The van der Waals surface area contributed by atoms with E-state index in [1.165, 1.54) is 16.0 Å². The third-order valence-electron chi connectivity index (χ3n) is 2.81. The van der Waals surface area contributed by atoms with Gasteiger partial charge in [0.2, 0.25) is 0 Å². The molecule has 20 heavy (non-hydrogen) atoms. The van der Waals surface area contributed by atoms with Crippen LogP contribution in [0.1, 0.15) is 28.4 Å². The number of benzene rings is 1. The second kappa shape index (κ2) is 6.57. The number of aromatic nitrogens is 1. The zero-order valence-corrected chi connectivity index (χ0v) is 12.7. The van der Waals surface area contributed by atoms with E-state index in [2.05, 4.69) is 37.0 Å². The molecule has 0 radical (unpaired) electrons. The zero-order chi connectivity index (χ0) is 14.5. The van der Waals surface area contributed by atoms with E-state index >= 15 is 0 Å². The highest BCUT2D eigenvalue weighted by Crippen LogP contribution is 2.29. The zero-order valence-electron chi connectivity index (χ0n) is 11.8. The van der Waals surface area contributed by atoms with Gasteiger partial charge in [-0.15, -0.1) is 0 Å². The molecule has 0 bridgehead atoms. The van der Waals surface area contributed by atoms with Crippen LogP contribution in [0.2, 0.25) is 0 Å². The number of rotatable bonds is 4. The van der Waals surface area contributed by atoms with Crippen molar-refractivity contribution in [3.63, 3.8) is 0 Å². The summed E-state index contributed by atoms with van der Waals surface area (Å²) in [5.74, 6) is -0.330. The fourth-order valence-electron chi connectivity index (χ4n) is 1.71. The Hall–Kier alpha value is -1.81. The van der Waals surface area contributed by atoms with Gasteiger partial charge in [0.15, 0.2) is 0 Å². The molecule has 0 saturated heterocycles. The lowest BCUT2D eigenvalue weighted by molar-refractivity contribution is 0.0525. The predicted octanol–water partition coefficient (Wildman–Crippen LogP) is 4.03. The van der Waals surface area contributed by atoms with E-state index in [0.29, 0.717) is 12.2 Å². The monoisotopic (exact) mass is 287 g/mol. The maximum atomic E-state index is 11.5.